The first-order chi connectivity index (χ1) is 14.7. The van der Waals surface area contributed by atoms with E-state index in [2.05, 4.69) is 21.8 Å². The maximum Gasteiger partial charge on any atom is 0.254 e. The summed E-state index contributed by atoms with van der Waals surface area (Å²) in [6.45, 7) is 4.06. The van der Waals surface area contributed by atoms with E-state index in [9.17, 15) is 4.79 Å². The number of ether oxygens (including phenoxy) is 2. The van der Waals surface area contributed by atoms with Crippen LogP contribution in [0.15, 0.2) is 67.0 Å². The number of rotatable bonds is 5. The van der Waals surface area contributed by atoms with Gasteiger partial charge in [-0.15, -0.1) is 0 Å². The van der Waals surface area contributed by atoms with Crippen molar-refractivity contribution in [3.63, 3.8) is 0 Å². The zero-order valence-electron chi connectivity index (χ0n) is 17.1. The van der Waals surface area contributed by atoms with Crippen LogP contribution in [0.5, 0.6) is 17.4 Å². The number of anilines is 1. The molecule has 154 valence electrons. The molecular formula is C23H24N4O3. The van der Waals surface area contributed by atoms with E-state index in [-0.39, 0.29) is 11.9 Å². The molecule has 1 fully saturated rings. The number of para-hydroxylation sites is 2. The van der Waals surface area contributed by atoms with Crippen LogP contribution in [-0.4, -0.2) is 53.6 Å². The molecule has 1 aliphatic rings. The van der Waals surface area contributed by atoms with Gasteiger partial charge in [-0.25, -0.2) is 9.97 Å². The highest BCUT2D eigenvalue weighted by atomic mass is 16.5. The molecule has 0 N–H and O–H groups in total. The molecule has 7 heteroatoms. The summed E-state index contributed by atoms with van der Waals surface area (Å²) >= 11 is 0. The van der Waals surface area contributed by atoms with Crippen LogP contribution in [0.1, 0.15) is 17.3 Å². The molecule has 7 nitrogen and oxygen atoms in total. The van der Waals surface area contributed by atoms with Gasteiger partial charge in [0.25, 0.3) is 5.91 Å². The number of carbonyl (C=O) groups is 1. The van der Waals surface area contributed by atoms with E-state index < -0.39 is 0 Å². The Balaban J connectivity index is 1.46. The monoisotopic (exact) mass is 404 g/mol. The highest BCUT2D eigenvalue weighted by Gasteiger charge is 2.29. The molecule has 0 aliphatic carbocycles. The fourth-order valence-corrected chi connectivity index (χ4v) is 3.59. The molecular weight excluding hydrogens is 380 g/mol. The SMILES string of the molecule is COc1ccccc1Oc1cc(N2CCN(C(=O)c3ccccc3)[C@@H](C)C2)ncn1. The Hall–Kier alpha value is -3.61. The van der Waals surface area contributed by atoms with Crippen molar-refractivity contribution in [2.75, 3.05) is 31.6 Å². The van der Waals surface area contributed by atoms with Crippen molar-refractivity contribution >= 4 is 11.7 Å². The van der Waals surface area contributed by atoms with Crippen LogP contribution in [0, 0.1) is 0 Å². The zero-order chi connectivity index (χ0) is 20.9. The molecule has 0 bridgehead atoms. The number of piperazine rings is 1. The van der Waals surface area contributed by atoms with E-state index in [4.69, 9.17) is 9.47 Å². The molecule has 1 saturated heterocycles. The Bertz CT molecular complexity index is 1010. The molecule has 4 rings (SSSR count). The van der Waals surface area contributed by atoms with Crippen molar-refractivity contribution in [2.45, 2.75) is 13.0 Å². The number of nitrogens with zero attached hydrogens (tertiary/aromatic N) is 4. The lowest BCUT2D eigenvalue weighted by atomic mass is 10.1. The predicted octanol–water partition coefficient (Wildman–Crippen LogP) is 3.63. The van der Waals surface area contributed by atoms with Crippen LogP contribution in [-0.2, 0) is 0 Å². The second-order valence-electron chi connectivity index (χ2n) is 7.13. The van der Waals surface area contributed by atoms with Gasteiger partial charge < -0.3 is 19.3 Å². The van der Waals surface area contributed by atoms with Gasteiger partial charge in [0.1, 0.15) is 12.1 Å². The Morgan fingerprint density at radius 1 is 1.00 bits per heavy atom. The Morgan fingerprint density at radius 3 is 2.47 bits per heavy atom. The highest BCUT2D eigenvalue weighted by Crippen LogP contribution is 2.31. The molecule has 1 amide bonds. The summed E-state index contributed by atoms with van der Waals surface area (Å²) in [4.78, 5) is 25.5. The third-order valence-electron chi connectivity index (χ3n) is 5.14. The summed E-state index contributed by atoms with van der Waals surface area (Å²) in [6.07, 6.45) is 1.49. The smallest absolute Gasteiger partial charge is 0.254 e. The molecule has 1 aromatic heterocycles. The van der Waals surface area contributed by atoms with Crippen molar-refractivity contribution in [3.05, 3.63) is 72.6 Å². The van der Waals surface area contributed by atoms with Crippen LogP contribution in [0.3, 0.4) is 0 Å². The van der Waals surface area contributed by atoms with Crippen molar-refractivity contribution < 1.29 is 14.3 Å². The van der Waals surface area contributed by atoms with Crippen molar-refractivity contribution in [3.8, 4) is 17.4 Å². The Labute approximate surface area is 175 Å². The van der Waals surface area contributed by atoms with E-state index in [1.54, 1.807) is 7.11 Å². The lowest BCUT2D eigenvalue weighted by Gasteiger charge is -2.40. The Morgan fingerprint density at radius 2 is 1.73 bits per heavy atom. The minimum atomic E-state index is 0.0556. The topological polar surface area (TPSA) is 67.8 Å². The van der Waals surface area contributed by atoms with Crippen LogP contribution in [0.25, 0.3) is 0 Å². The van der Waals surface area contributed by atoms with Gasteiger partial charge in [0.05, 0.1) is 7.11 Å². The number of carbonyl (C=O) groups excluding carboxylic acids is 1. The maximum absolute atomic E-state index is 12.8. The van der Waals surface area contributed by atoms with Crippen LogP contribution < -0.4 is 14.4 Å². The van der Waals surface area contributed by atoms with E-state index in [1.165, 1.54) is 6.33 Å². The summed E-state index contributed by atoms with van der Waals surface area (Å²) in [6, 6.07) is 18.7. The second kappa shape index (κ2) is 8.82. The minimum absolute atomic E-state index is 0.0556. The molecule has 1 atom stereocenters. The van der Waals surface area contributed by atoms with Gasteiger partial charge in [-0.05, 0) is 31.2 Å². The minimum Gasteiger partial charge on any atom is -0.493 e. The average molecular weight is 404 g/mol. The van der Waals surface area contributed by atoms with E-state index in [1.807, 2.05) is 65.6 Å². The number of methoxy groups -OCH3 is 1. The quantitative estimate of drug-likeness (QED) is 0.647. The van der Waals surface area contributed by atoms with Gasteiger partial charge in [0, 0.05) is 37.3 Å². The maximum atomic E-state index is 12.8. The Kier molecular flexibility index (Phi) is 5.79. The zero-order valence-corrected chi connectivity index (χ0v) is 17.1. The third-order valence-corrected chi connectivity index (χ3v) is 5.14. The number of hydrogen-bond donors (Lipinski definition) is 0. The molecule has 3 aromatic rings. The largest absolute Gasteiger partial charge is 0.493 e. The molecule has 30 heavy (non-hydrogen) atoms. The summed E-state index contributed by atoms with van der Waals surface area (Å²) < 4.78 is 11.2. The van der Waals surface area contributed by atoms with Crippen molar-refractivity contribution in [1.82, 2.24) is 14.9 Å². The van der Waals surface area contributed by atoms with Crippen LogP contribution in [0.2, 0.25) is 0 Å². The average Bonchev–Trinajstić information content (AvgIpc) is 2.80. The first kappa shape index (κ1) is 19.7. The number of hydrogen-bond acceptors (Lipinski definition) is 6. The summed E-state index contributed by atoms with van der Waals surface area (Å²) in [7, 11) is 1.60. The summed E-state index contributed by atoms with van der Waals surface area (Å²) in [5, 5.41) is 0. The van der Waals surface area contributed by atoms with Crippen molar-refractivity contribution in [2.24, 2.45) is 0 Å². The van der Waals surface area contributed by atoms with E-state index in [0.29, 0.717) is 42.6 Å². The van der Waals surface area contributed by atoms with Crippen LogP contribution in [0.4, 0.5) is 5.82 Å². The van der Waals surface area contributed by atoms with Gasteiger partial charge in [-0.1, -0.05) is 30.3 Å². The molecule has 0 saturated carbocycles. The molecule has 0 radical (unpaired) electrons. The third kappa shape index (κ3) is 4.20. The van der Waals surface area contributed by atoms with Gasteiger partial charge in [0.15, 0.2) is 11.5 Å². The fraction of sp³-hybridized carbons (Fsp3) is 0.261. The lowest BCUT2D eigenvalue weighted by Crippen LogP contribution is -2.54. The predicted molar refractivity (Wildman–Crippen MR) is 114 cm³/mol. The van der Waals surface area contributed by atoms with Gasteiger partial charge in [-0.3, -0.25) is 4.79 Å². The first-order valence-corrected chi connectivity index (χ1v) is 9.89. The molecule has 0 spiro atoms. The standard InChI is InChI=1S/C23H24N4O3/c1-17-15-26(12-13-27(17)23(28)18-8-4-3-5-9-18)21-14-22(25-16-24-21)30-20-11-7-6-10-19(20)29-2/h3-11,14,16-17H,12-13,15H2,1-2H3/t17-/m0/s1. The number of benzene rings is 2. The highest BCUT2D eigenvalue weighted by molar-refractivity contribution is 5.94. The molecule has 2 heterocycles. The van der Waals surface area contributed by atoms with E-state index >= 15 is 0 Å². The molecule has 0 unspecified atom stereocenters. The fourth-order valence-electron chi connectivity index (χ4n) is 3.59. The van der Waals surface area contributed by atoms with Crippen molar-refractivity contribution in [1.29, 1.82) is 0 Å². The summed E-state index contributed by atoms with van der Waals surface area (Å²) in [5.41, 5.74) is 0.715. The number of aromatic nitrogens is 2. The van der Waals surface area contributed by atoms with Gasteiger partial charge in [0.2, 0.25) is 5.88 Å². The first-order valence-electron chi connectivity index (χ1n) is 9.89. The van der Waals surface area contributed by atoms with Gasteiger partial charge >= 0.3 is 0 Å². The number of amides is 1. The molecule has 2 aromatic carbocycles. The summed E-state index contributed by atoms with van der Waals surface area (Å²) in [5.74, 6) is 2.51. The van der Waals surface area contributed by atoms with Crippen LogP contribution >= 0.6 is 0 Å². The van der Waals surface area contributed by atoms with Gasteiger partial charge in [-0.2, -0.15) is 0 Å². The van der Waals surface area contributed by atoms with E-state index in [0.717, 1.165) is 5.82 Å². The second-order valence-corrected chi connectivity index (χ2v) is 7.13. The molecule has 1 aliphatic heterocycles. The normalized spacial score (nSPS) is 16.3. The lowest BCUT2D eigenvalue weighted by molar-refractivity contribution is 0.0673.